The molecule has 2 N–H and O–H groups in total. The number of thiazole rings is 1. The maximum atomic E-state index is 10.8. The predicted molar refractivity (Wildman–Crippen MR) is 94.5 cm³/mol. The van der Waals surface area contributed by atoms with Crippen molar-refractivity contribution in [3.05, 3.63) is 58.2 Å². The summed E-state index contributed by atoms with van der Waals surface area (Å²) >= 11 is 7.54. The van der Waals surface area contributed by atoms with Crippen molar-refractivity contribution in [3.63, 3.8) is 0 Å². The SMILES string of the molecule is CCc1sc2cncn2c1C(O)c1cn(-c2ccc(O)c(Cl)c2)nn1. The summed E-state index contributed by atoms with van der Waals surface area (Å²) in [5.74, 6) is -0.000786. The number of fused-ring (bicyclic) bond motifs is 1. The Balaban J connectivity index is 1.73. The van der Waals surface area contributed by atoms with Crippen LogP contribution in [-0.4, -0.2) is 34.6 Å². The van der Waals surface area contributed by atoms with Gasteiger partial charge in [0.2, 0.25) is 0 Å². The monoisotopic (exact) mass is 375 g/mol. The first-order valence-corrected chi connectivity index (χ1v) is 8.80. The van der Waals surface area contributed by atoms with E-state index in [9.17, 15) is 10.2 Å². The highest BCUT2D eigenvalue weighted by atomic mass is 35.5. The second-order valence-corrected chi connectivity index (χ2v) is 7.01. The fourth-order valence-corrected chi connectivity index (χ4v) is 3.94. The molecule has 9 heteroatoms. The first-order chi connectivity index (χ1) is 12.1. The molecule has 0 amide bonds. The van der Waals surface area contributed by atoms with E-state index >= 15 is 0 Å². The molecule has 128 valence electrons. The standard InChI is InChI=1S/C16H14ClN5O2S/c1-2-13-15(21-8-18-6-14(21)25-13)16(24)11-7-22(20-19-11)9-3-4-12(23)10(17)5-9/h3-8,16,23-24H,2H2,1H3. The predicted octanol–water partition coefficient (Wildman–Crippen LogP) is 2.98. The normalized spacial score (nSPS) is 12.8. The van der Waals surface area contributed by atoms with E-state index in [-0.39, 0.29) is 10.8 Å². The molecule has 4 rings (SSSR count). The van der Waals surface area contributed by atoms with Crippen molar-refractivity contribution in [1.82, 2.24) is 24.4 Å². The van der Waals surface area contributed by atoms with Gasteiger partial charge in [0.25, 0.3) is 0 Å². The fraction of sp³-hybridized carbons (Fsp3) is 0.188. The molecule has 3 heterocycles. The van der Waals surface area contributed by atoms with Gasteiger partial charge in [-0.2, -0.15) is 0 Å². The van der Waals surface area contributed by atoms with Gasteiger partial charge in [-0.3, -0.25) is 4.40 Å². The zero-order valence-corrected chi connectivity index (χ0v) is 14.7. The van der Waals surface area contributed by atoms with E-state index in [1.54, 1.807) is 42.2 Å². The van der Waals surface area contributed by atoms with Crippen LogP contribution in [0, 0.1) is 0 Å². The number of benzene rings is 1. The number of aromatic hydroxyl groups is 1. The van der Waals surface area contributed by atoms with E-state index in [1.165, 1.54) is 10.7 Å². The average Bonchev–Trinajstić information content (AvgIpc) is 3.31. The molecule has 0 aliphatic carbocycles. The molecule has 1 atom stereocenters. The van der Waals surface area contributed by atoms with Gasteiger partial charge < -0.3 is 10.2 Å². The zero-order valence-electron chi connectivity index (χ0n) is 13.2. The summed E-state index contributed by atoms with van der Waals surface area (Å²) in [4.78, 5) is 6.18. The molecule has 0 fully saturated rings. The number of hydrogen-bond acceptors (Lipinski definition) is 6. The highest BCUT2D eigenvalue weighted by molar-refractivity contribution is 7.17. The van der Waals surface area contributed by atoms with Crippen LogP contribution in [0.2, 0.25) is 5.02 Å². The third-order valence-corrected chi connectivity index (χ3v) is 5.50. The van der Waals surface area contributed by atoms with Crippen LogP contribution in [-0.2, 0) is 6.42 Å². The van der Waals surface area contributed by atoms with Gasteiger partial charge in [-0.25, -0.2) is 9.67 Å². The summed E-state index contributed by atoms with van der Waals surface area (Å²) in [7, 11) is 0. The number of imidazole rings is 1. The van der Waals surface area contributed by atoms with Gasteiger partial charge in [0, 0.05) is 4.88 Å². The second kappa shape index (κ2) is 6.14. The lowest BCUT2D eigenvalue weighted by molar-refractivity contribution is 0.208. The maximum Gasteiger partial charge on any atom is 0.141 e. The van der Waals surface area contributed by atoms with E-state index in [1.807, 2.05) is 11.3 Å². The zero-order chi connectivity index (χ0) is 17.6. The Morgan fingerprint density at radius 3 is 2.96 bits per heavy atom. The lowest BCUT2D eigenvalue weighted by atomic mass is 10.1. The van der Waals surface area contributed by atoms with Crippen LogP contribution in [0.25, 0.3) is 10.5 Å². The minimum Gasteiger partial charge on any atom is -0.506 e. The molecule has 1 unspecified atom stereocenters. The van der Waals surface area contributed by atoms with Crippen LogP contribution >= 0.6 is 22.9 Å². The van der Waals surface area contributed by atoms with Gasteiger partial charge in [0.1, 0.15) is 28.7 Å². The highest BCUT2D eigenvalue weighted by Crippen LogP contribution is 2.32. The number of phenols is 1. The molecular weight excluding hydrogens is 362 g/mol. The second-order valence-electron chi connectivity index (χ2n) is 5.49. The molecule has 1 aromatic carbocycles. The fourth-order valence-electron chi connectivity index (χ4n) is 2.70. The number of halogens is 1. The summed E-state index contributed by atoms with van der Waals surface area (Å²) in [6.07, 6.45) is 5.00. The molecule has 0 saturated heterocycles. The molecule has 0 saturated carbocycles. The van der Waals surface area contributed by atoms with Crippen molar-refractivity contribution >= 4 is 27.8 Å². The number of aliphatic hydroxyl groups is 1. The summed E-state index contributed by atoms with van der Waals surface area (Å²) in [6.45, 7) is 2.05. The van der Waals surface area contributed by atoms with Gasteiger partial charge in [-0.1, -0.05) is 23.7 Å². The van der Waals surface area contributed by atoms with Crippen molar-refractivity contribution in [2.45, 2.75) is 19.4 Å². The lowest BCUT2D eigenvalue weighted by Gasteiger charge is -2.08. The molecule has 25 heavy (non-hydrogen) atoms. The topological polar surface area (TPSA) is 88.5 Å². The van der Waals surface area contributed by atoms with E-state index in [4.69, 9.17) is 11.6 Å². The highest BCUT2D eigenvalue weighted by Gasteiger charge is 2.23. The third kappa shape index (κ3) is 2.68. The molecule has 0 aliphatic heterocycles. The molecule has 0 bridgehead atoms. The van der Waals surface area contributed by atoms with Crippen LogP contribution in [0.1, 0.15) is 29.3 Å². The van der Waals surface area contributed by atoms with Crippen molar-refractivity contribution in [3.8, 4) is 11.4 Å². The van der Waals surface area contributed by atoms with Gasteiger partial charge in [0.15, 0.2) is 0 Å². The van der Waals surface area contributed by atoms with Crippen molar-refractivity contribution < 1.29 is 10.2 Å². The Labute approximate surface area is 151 Å². The molecule has 0 aliphatic rings. The van der Waals surface area contributed by atoms with E-state index in [0.717, 1.165) is 21.8 Å². The summed E-state index contributed by atoms with van der Waals surface area (Å²) < 4.78 is 3.39. The first kappa shape index (κ1) is 16.1. The van der Waals surface area contributed by atoms with Crippen LogP contribution in [0.5, 0.6) is 5.75 Å². The summed E-state index contributed by atoms with van der Waals surface area (Å²) in [6, 6.07) is 4.73. The number of aryl methyl sites for hydroxylation is 1. The van der Waals surface area contributed by atoms with Gasteiger partial charge >= 0.3 is 0 Å². The Hall–Kier alpha value is -2.42. The summed E-state index contributed by atoms with van der Waals surface area (Å²) in [5, 5.41) is 28.7. The minimum absolute atomic E-state index is 0.000786. The quantitative estimate of drug-likeness (QED) is 0.572. The first-order valence-electron chi connectivity index (χ1n) is 7.61. The van der Waals surface area contributed by atoms with Crippen molar-refractivity contribution in [1.29, 1.82) is 0 Å². The Bertz CT molecular complexity index is 1050. The van der Waals surface area contributed by atoms with E-state index < -0.39 is 6.10 Å². The molecule has 0 radical (unpaired) electrons. The van der Waals surface area contributed by atoms with Crippen LogP contribution in [0.3, 0.4) is 0 Å². The molecule has 0 spiro atoms. The van der Waals surface area contributed by atoms with E-state index in [2.05, 4.69) is 15.3 Å². The smallest absolute Gasteiger partial charge is 0.141 e. The number of hydrogen-bond donors (Lipinski definition) is 2. The number of aliphatic hydroxyl groups excluding tert-OH is 1. The largest absolute Gasteiger partial charge is 0.506 e. The molecular formula is C16H14ClN5O2S. The summed E-state index contributed by atoms with van der Waals surface area (Å²) in [5.41, 5.74) is 1.82. The van der Waals surface area contributed by atoms with Crippen molar-refractivity contribution in [2.24, 2.45) is 0 Å². The van der Waals surface area contributed by atoms with Crippen LogP contribution in [0.15, 0.2) is 36.9 Å². The minimum atomic E-state index is -0.917. The van der Waals surface area contributed by atoms with Gasteiger partial charge in [-0.15, -0.1) is 16.4 Å². The lowest BCUT2D eigenvalue weighted by Crippen LogP contribution is -2.06. The number of aromatic nitrogens is 5. The molecule has 7 nitrogen and oxygen atoms in total. The Kier molecular flexibility index (Phi) is 3.95. The average molecular weight is 376 g/mol. The molecule has 4 aromatic rings. The molecule has 3 aromatic heterocycles. The number of rotatable bonds is 4. The van der Waals surface area contributed by atoms with Crippen LogP contribution < -0.4 is 0 Å². The van der Waals surface area contributed by atoms with Gasteiger partial charge in [-0.05, 0) is 24.6 Å². The number of nitrogens with zero attached hydrogens (tertiary/aromatic N) is 5. The number of phenolic OH excluding ortho intramolecular Hbond substituents is 1. The van der Waals surface area contributed by atoms with Gasteiger partial charge in [0.05, 0.1) is 28.8 Å². The Morgan fingerprint density at radius 1 is 1.36 bits per heavy atom. The third-order valence-electron chi connectivity index (χ3n) is 3.94. The van der Waals surface area contributed by atoms with E-state index in [0.29, 0.717) is 11.4 Å². The van der Waals surface area contributed by atoms with Crippen LogP contribution in [0.4, 0.5) is 0 Å². The Morgan fingerprint density at radius 2 is 2.20 bits per heavy atom. The maximum absolute atomic E-state index is 10.8. The van der Waals surface area contributed by atoms with Crippen molar-refractivity contribution in [2.75, 3.05) is 0 Å².